The van der Waals surface area contributed by atoms with Gasteiger partial charge in [-0.25, -0.2) is 4.98 Å². The molecule has 2 amide bonds. The van der Waals surface area contributed by atoms with Crippen LogP contribution >= 0.6 is 11.3 Å². The van der Waals surface area contributed by atoms with Crippen molar-refractivity contribution in [2.45, 2.75) is 19.4 Å². The molecule has 2 atom stereocenters. The Morgan fingerprint density at radius 2 is 2.12 bits per heavy atom. The molecule has 6 nitrogen and oxygen atoms in total. The minimum atomic E-state index is -0.714. The largest absolute Gasteiger partial charge is 0.536 e. The van der Waals surface area contributed by atoms with E-state index >= 15 is 0 Å². The molecule has 0 fully saturated rings. The van der Waals surface area contributed by atoms with Gasteiger partial charge in [0.05, 0.1) is 5.69 Å². The number of allylic oxidation sites excluding steroid dienone is 1. The molecule has 2 unspecified atom stereocenters. The first-order chi connectivity index (χ1) is 11.6. The van der Waals surface area contributed by atoms with Gasteiger partial charge in [0.2, 0.25) is 0 Å². The van der Waals surface area contributed by atoms with Gasteiger partial charge in [-0.15, -0.1) is 0 Å². The topological polar surface area (TPSA) is 74.4 Å². The van der Waals surface area contributed by atoms with Crippen LogP contribution in [0.5, 0.6) is 0 Å². The van der Waals surface area contributed by atoms with Crippen LogP contribution in [0.4, 0.5) is 9.93 Å². The first-order valence-electron chi connectivity index (χ1n) is 7.58. The van der Waals surface area contributed by atoms with Crippen LogP contribution in [0.1, 0.15) is 24.1 Å². The zero-order chi connectivity index (χ0) is 16.9. The van der Waals surface area contributed by atoms with Crippen molar-refractivity contribution >= 4 is 28.7 Å². The Labute approximate surface area is 143 Å². The van der Waals surface area contributed by atoms with Crippen molar-refractivity contribution in [3.8, 4) is 0 Å². The van der Waals surface area contributed by atoms with Crippen molar-refractivity contribution in [2.75, 3.05) is 5.32 Å². The molecular weight excluding hydrogens is 324 g/mol. The number of nitrogens with zero attached hydrogens (tertiary/aromatic N) is 3. The maximum Gasteiger partial charge on any atom is 0.536 e. The van der Waals surface area contributed by atoms with Crippen LogP contribution in [0.15, 0.2) is 53.0 Å². The van der Waals surface area contributed by atoms with Gasteiger partial charge in [-0.2, -0.15) is 10.1 Å². The molecule has 1 aromatic heterocycles. The Balaban J connectivity index is 1.62. The van der Waals surface area contributed by atoms with Gasteiger partial charge in [-0.1, -0.05) is 59.6 Å². The molecule has 0 spiro atoms. The molecule has 0 aliphatic carbocycles. The average molecular weight is 341 g/mol. The average Bonchev–Trinajstić information content (AvgIpc) is 3.04. The van der Waals surface area contributed by atoms with Gasteiger partial charge in [-0.3, -0.25) is 4.99 Å². The van der Waals surface area contributed by atoms with Crippen molar-refractivity contribution in [2.24, 2.45) is 10.9 Å². The zero-order valence-electron chi connectivity index (χ0n) is 13.1. The highest BCUT2D eigenvalue weighted by Gasteiger charge is 2.25. The monoisotopic (exact) mass is 341 g/mol. The number of thiazole rings is 1. The lowest BCUT2D eigenvalue weighted by Gasteiger charge is -2.16. The third-order valence-electron chi connectivity index (χ3n) is 3.74. The van der Waals surface area contributed by atoms with Crippen molar-refractivity contribution in [3.63, 3.8) is 0 Å². The Bertz CT molecular complexity index is 798. The first kappa shape index (κ1) is 16.2. The molecule has 1 aliphatic heterocycles. The molecule has 0 saturated carbocycles. The molecule has 2 heterocycles. The lowest BCUT2D eigenvalue weighted by atomic mass is 9.91. The molecule has 0 saturated heterocycles. The van der Waals surface area contributed by atoms with Crippen LogP contribution < -0.4 is 5.32 Å². The maximum atomic E-state index is 12.0. The lowest BCUT2D eigenvalue weighted by molar-refractivity contribution is -0.462. The van der Waals surface area contributed by atoms with Crippen LogP contribution in [-0.4, -0.2) is 22.0 Å². The minimum Gasteiger partial charge on any atom is -0.269 e. The molecule has 0 radical (unpaired) electrons. The van der Waals surface area contributed by atoms with E-state index in [9.17, 15) is 9.70 Å². The van der Waals surface area contributed by atoms with Gasteiger partial charge in [0.25, 0.3) is 5.13 Å². The highest BCUT2D eigenvalue weighted by atomic mass is 32.1. The summed E-state index contributed by atoms with van der Waals surface area (Å²) in [6.07, 6.45) is 5.61. The van der Waals surface area contributed by atoms with Gasteiger partial charge < -0.3 is 0 Å². The summed E-state index contributed by atoms with van der Waals surface area (Å²) in [4.78, 5) is 32.5. The molecular formula is C17H17N4O2S+. The normalized spacial score (nSPS) is 19.2. The number of rotatable bonds is 4. The highest BCUT2D eigenvalue weighted by Crippen LogP contribution is 2.30. The molecule has 24 heavy (non-hydrogen) atoms. The summed E-state index contributed by atoms with van der Waals surface area (Å²) in [5.41, 5.74) is 1.65. The number of benzene rings is 1. The third kappa shape index (κ3) is 3.80. The summed E-state index contributed by atoms with van der Waals surface area (Å²) in [7, 11) is 0. The van der Waals surface area contributed by atoms with Crippen LogP contribution in [-0.2, 0) is 6.54 Å². The summed E-state index contributed by atoms with van der Waals surface area (Å²) in [6, 6.07) is 8.41. The number of aromatic nitrogens is 1. The number of urea groups is 1. The predicted octanol–water partition coefficient (Wildman–Crippen LogP) is 3.97. The highest BCUT2D eigenvalue weighted by molar-refractivity contribution is 7.13. The molecule has 1 N–H and O–H groups in total. The van der Waals surface area contributed by atoms with E-state index in [4.69, 9.17) is 0 Å². The van der Waals surface area contributed by atoms with E-state index in [-0.39, 0.29) is 18.4 Å². The summed E-state index contributed by atoms with van der Waals surface area (Å²) >= 11 is 1.31. The summed E-state index contributed by atoms with van der Waals surface area (Å²) in [5, 5.41) is 4.88. The van der Waals surface area contributed by atoms with E-state index in [2.05, 4.69) is 22.2 Å². The molecule has 7 heteroatoms. The smallest absolute Gasteiger partial charge is 0.269 e. The first-order valence-corrected chi connectivity index (χ1v) is 8.46. The zero-order valence-corrected chi connectivity index (χ0v) is 13.9. The number of hydrogen-bond donors (Lipinski definition) is 1. The number of nitroso groups, excluding NO2 is 1. The lowest BCUT2D eigenvalue weighted by Crippen LogP contribution is -2.23. The van der Waals surface area contributed by atoms with Gasteiger partial charge in [0.1, 0.15) is 0 Å². The molecule has 0 bridgehead atoms. The van der Waals surface area contributed by atoms with E-state index in [1.165, 1.54) is 11.3 Å². The quantitative estimate of drug-likeness (QED) is 0.855. The fraction of sp³-hybridized carbons (Fsp3) is 0.235. The van der Waals surface area contributed by atoms with Gasteiger partial charge in [-0.05, 0) is 5.56 Å². The SMILES string of the molecule is CC1C=NC=CC1c1csc(NC(=O)[N+](=O)Cc2ccccc2)n1. The van der Waals surface area contributed by atoms with E-state index in [0.717, 1.165) is 11.3 Å². The summed E-state index contributed by atoms with van der Waals surface area (Å²) < 4.78 is 0.395. The van der Waals surface area contributed by atoms with Crippen molar-refractivity contribution in [1.29, 1.82) is 0 Å². The van der Waals surface area contributed by atoms with Crippen LogP contribution in [0.3, 0.4) is 0 Å². The molecule has 2 aromatic rings. The fourth-order valence-electron chi connectivity index (χ4n) is 2.44. The second kappa shape index (κ2) is 7.27. The Kier molecular flexibility index (Phi) is 4.90. The number of anilines is 1. The number of amides is 2. The number of hydrogen-bond acceptors (Lipinski definition) is 5. The van der Waals surface area contributed by atoms with Gasteiger partial charge in [0, 0.05) is 34.4 Å². The van der Waals surface area contributed by atoms with E-state index in [1.807, 2.05) is 35.9 Å². The van der Waals surface area contributed by atoms with Gasteiger partial charge >= 0.3 is 6.03 Å². The standard InChI is InChI=1S/C17H16N4O2S/c1-12-9-18-8-7-14(12)15-11-24-16(19-15)20-17(22)21(23)10-13-5-3-2-4-6-13/h2-9,11-12,14H,10H2,1H3/p+1. The van der Waals surface area contributed by atoms with Crippen molar-refractivity contribution in [1.82, 2.24) is 4.98 Å². The van der Waals surface area contributed by atoms with Crippen molar-refractivity contribution in [3.05, 3.63) is 64.2 Å². The molecule has 122 valence electrons. The van der Waals surface area contributed by atoms with Crippen LogP contribution in [0.2, 0.25) is 0 Å². The molecule has 3 rings (SSSR count). The second-order valence-corrected chi connectivity index (χ2v) is 6.41. The van der Waals surface area contributed by atoms with Gasteiger partial charge in [0.15, 0.2) is 6.54 Å². The fourth-order valence-corrected chi connectivity index (χ4v) is 3.18. The molecule has 1 aliphatic rings. The number of carbonyl (C=O) groups excluding carboxylic acids is 1. The van der Waals surface area contributed by atoms with Crippen molar-refractivity contribution < 1.29 is 9.55 Å². The van der Waals surface area contributed by atoms with Crippen LogP contribution in [0, 0.1) is 10.8 Å². The maximum absolute atomic E-state index is 12.0. The molecule has 1 aromatic carbocycles. The van der Waals surface area contributed by atoms with E-state index < -0.39 is 6.03 Å². The number of nitrogens with one attached hydrogen (secondary N) is 1. The van der Waals surface area contributed by atoms with Crippen LogP contribution in [0.25, 0.3) is 0 Å². The van der Waals surface area contributed by atoms with E-state index in [1.54, 1.807) is 18.3 Å². The number of carbonyl (C=O) groups is 1. The second-order valence-electron chi connectivity index (χ2n) is 5.55. The predicted molar refractivity (Wildman–Crippen MR) is 94.4 cm³/mol. The summed E-state index contributed by atoms with van der Waals surface area (Å²) in [5.74, 6) is 0.381. The Hall–Kier alpha value is -2.67. The summed E-state index contributed by atoms with van der Waals surface area (Å²) in [6.45, 7) is 2.07. The Morgan fingerprint density at radius 3 is 2.88 bits per heavy atom. The Morgan fingerprint density at radius 1 is 1.33 bits per heavy atom. The minimum absolute atomic E-state index is 0.00374. The number of aliphatic imine (C=N–C) groups is 1. The third-order valence-corrected chi connectivity index (χ3v) is 4.52. The van der Waals surface area contributed by atoms with E-state index in [0.29, 0.717) is 9.89 Å².